The summed E-state index contributed by atoms with van der Waals surface area (Å²) in [6.07, 6.45) is -0.247. The highest BCUT2D eigenvalue weighted by Gasteiger charge is 2.42. The number of carboxylic acid groups (broad SMARTS) is 1. The van der Waals surface area contributed by atoms with Gasteiger partial charge in [0.05, 0.1) is 40.1 Å². The molecule has 0 spiro atoms. The Morgan fingerprint density at radius 1 is 0.492 bits per heavy atom. The second-order valence-corrected chi connectivity index (χ2v) is 31.8. The maximum Gasteiger partial charge on any atom is 0.410 e. The van der Waals surface area contributed by atoms with E-state index < -0.39 is 88.5 Å². The van der Waals surface area contributed by atoms with Crippen molar-refractivity contribution in [3.63, 3.8) is 0 Å². The number of rotatable bonds is 37. The first-order valence-electron chi connectivity index (χ1n) is 41.4. The molecule has 728 valence electrons. The van der Waals surface area contributed by atoms with Crippen LogP contribution in [0.15, 0.2) is 74.6 Å². The van der Waals surface area contributed by atoms with Crippen molar-refractivity contribution in [1.29, 1.82) is 0 Å². The monoisotopic (exact) mass is 1860 g/mol. The summed E-state index contributed by atoms with van der Waals surface area (Å²) < 4.78 is 34.4. The van der Waals surface area contributed by atoms with Crippen LogP contribution in [0.5, 0.6) is 0 Å². The standard InChI is InChI=1S/C23H29N7O6.C23H31N5O6.C12H22N4O4.C10H18N4O4.C6H12N4O2.C4H6O2.C2H6N4/c1-23(2,3)36-22(35)29(12-10-25-28-24)11-9-19(32)26-16-6-4-5-14-15(16)13-30(21(14)34)17-7-8-18(31)27-20(17)33;1-23(2,3)34-22(33)27(12-10-24)11-9-19(30)25-16-6-4-5-14-15(16)13-28(21(14)32)17-7-8-18(29)26-20(17)31;1-5-19-10(17)6-8-16(9-7-14-15-13)11(18)20-12(2,3)4;1-10(2,3)18-9(17)14(6-4-8(15)16)7-5-12-13-11;1-12-6(11)2-3-8-4-5-9-10-7;1-3-4(5)6-2;3-1-2-5-6-4/h4-6,17H,7-13H2,1-3H3,(H,26,32)(H,27,31,33);4-6,17H,7-13,24H2,1-3H3,(H,25,30)(H,26,29,31);5-9H2,1-4H3;4-7H2,1-3H3,(H,15,16);8H,2-5H2,1H3;3H,1H2,2H3;1-3H2. The smallest absolute Gasteiger partial charge is 0.410 e. The molecule has 2 atom stereocenters. The van der Waals surface area contributed by atoms with Gasteiger partial charge in [0.2, 0.25) is 35.4 Å². The summed E-state index contributed by atoms with van der Waals surface area (Å²) in [5, 5.41) is 38.2. The lowest BCUT2D eigenvalue weighted by Crippen LogP contribution is -2.52. The number of anilines is 2. The van der Waals surface area contributed by atoms with Gasteiger partial charge >= 0.3 is 48.3 Å². The Labute approximate surface area is 762 Å². The van der Waals surface area contributed by atoms with Crippen molar-refractivity contribution < 1.29 is 115 Å². The number of fused-ring (bicyclic) bond motifs is 2. The highest BCUT2D eigenvalue weighted by Crippen LogP contribution is 2.34. The zero-order chi connectivity index (χ0) is 100. The number of hydrogen-bond acceptors (Lipinski definition) is 31. The Morgan fingerprint density at radius 3 is 1.15 bits per heavy atom. The summed E-state index contributed by atoms with van der Waals surface area (Å²) in [6, 6.07) is 8.40. The molecule has 12 amide bonds. The van der Waals surface area contributed by atoms with Gasteiger partial charge in [-0.3, -0.25) is 63.4 Å². The minimum Gasteiger partial charge on any atom is -0.481 e. The lowest BCUT2D eigenvalue weighted by atomic mass is 10.0. The lowest BCUT2D eigenvalue weighted by molar-refractivity contribution is -0.143. The summed E-state index contributed by atoms with van der Waals surface area (Å²) in [6.45, 7) is 30.1. The van der Waals surface area contributed by atoms with Gasteiger partial charge in [-0.15, -0.1) is 0 Å². The van der Waals surface area contributed by atoms with Gasteiger partial charge in [-0.1, -0.05) is 44.3 Å². The van der Waals surface area contributed by atoms with Crippen molar-refractivity contribution in [2.75, 3.05) is 143 Å². The summed E-state index contributed by atoms with van der Waals surface area (Å²) in [5.74, 6) is -5.16. The van der Waals surface area contributed by atoms with E-state index in [1.54, 1.807) is 126 Å². The number of nitrogens with two attached hydrogens (primary N) is 2. The van der Waals surface area contributed by atoms with Crippen LogP contribution in [0, 0.1) is 0 Å². The molecule has 2 aromatic rings. The maximum atomic E-state index is 12.9. The van der Waals surface area contributed by atoms with Crippen LogP contribution in [0.4, 0.5) is 30.6 Å². The number of methoxy groups -OCH3 is 2. The van der Waals surface area contributed by atoms with Gasteiger partial charge < -0.3 is 95.1 Å². The third-order valence-corrected chi connectivity index (χ3v) is 16.9. The fraction of sp³-hybridized carbons (Fsp3) is 0.625. The fourth-order valence-electron chi connectivity index (χ4n) is 11.0. The molecule has 2 unspecified atom stereocenters. The summed E-state index contributed by atoms with van der Waals surface area (Å²) in [4.78, 5) is 210. The molecule has 4 aliphatic rings. The molecule has 0 saturated carbocycles. The molecule has 2 aromatic carbocycles. The van der Waals surface area contributed by atoms with E-state index in [9.17, 15) is 76.7 Å². The van der Waals surface area contributed by atoms with Crippen LogP contribution in [0.1, 0.15) is 180 Å². The Kier molecular flexibility index (Phi) is 56.0. The molecule has 10 N–H and O–H groups in total. The van der Waals surface area contributed by atoms with Crippen LogP contribution in [-0.2, 0) is 94.2 Å². The number of nitrogens with zero attached hydrogens (tertiary/aromatic N) is 21. The van der Waals surface area contributed by atoms with Crippen LogP contribution in [0.3, 0.4) is 0 Å². The molecule has 0 bridgehead atoms. The fourth-order valence-corrected chi connectivity index (χ4v) is 11.0. The number of benzene rings is 2. The summed E-state index contributed by atoms with van der Waals surface area (Å²) >= 11 is 0. The quantitative estimate of drug-likeness (QED) is 0.00457. The average Bonchev–Trinajstić information content (AvgIpc) is 1.63. The average molecular weight is 1860 g/mol. The number of piperidine rings is 2. The van der Waals surface area contributed by atoms with Crippen molar-refractivity contribution in [3.8, 4) is 0 Å². The third-order valence-electron chi connectivity index (χ3n) is 16.9. The number of carboxylic acids is 1. The van der Waals surface area contributed by atoms with E-state index in [1.165, 1.54) is 43.6 Å². The van der Waals surface area contributed by atoms with Crippen molar-refractivity contribution in [3.05, 3.63) is 124 Å². The van der Waals surface area contributed by atoms with Gasteiger partial charge in [0.25, 0.3) is 11.8 Å². The van der Waals surface area contributed by atoms with Crippen molar-refractivity contribution in [2.45, 2.75) is 195 Å². The third kappa shape index (κ3) is 50.5. The number of aliphatic carboxylic acids is 1. The van der Waals surface area contributed by atoms with Gasteiger partial charge in [-0.05, 0) is 161 Å². The molecule has 52 heteroatoms. The Balaban J connectivity index is 0.00000164. The van der Waals surface area contributed by atoms with E-state index in [-0.39, 0.29) is 184 Å². The van der Waals surface area contributed by atoms with Crippen LogP contribution in [0.25, 0.3) is 52.2 Å². The molecule has 0 radical (unpaired) electrons. The topological polar surface area (TPSA) is 733 Å². The Morgan fingerprint density at radius 2 is 0.848 bits per heavy atom. The second kappa shape index (κ2) is 62.8. The zero-order valence-electron chi connectivity index (χ0n) is 77.3. The highest BCUT2D eigenvalue weighted by atomic mass is 16.6. The molecule has 4 heterocycles. The molecule has 4 aliphatic heterocycles. The largest absolute Gasteiger partial charge is 0.481 e. The van der Waals surface area contributed by atoms with Crippen molar-refractivity contribution >= 4 is 107 Å². The molecular weight excluding hydrogens is 1740 g/mol. The Bertz CT molecular complexity index is 4490. The molecule has 132 heavy (non-hydrogen) atoms. The van der Waals surface area contributed by atoms with E-state index in [0.29, 0.717) is 79.4 Å². The number of azide groups is 5. The van der Waals surface area contributed by atoms with Gasteiger partial charge in [0.1, 0.15) is 34.5 Å². The highest BCUT2D eigenvalue weighted by molar-refractivity contribution is 6.08. The molecule has 0 aliphatic carbocycles. The summed E-state index contributed by atoms with van der Waals surface area (Å²) in [7, 11) is 2.66. The molecule has 52 nitrogen and oxygen atoms in total. The zero-order valence-corrected chi connectivity index (χ0v) is 77.3. The minimum absolute atomic E-state index is 0.00765. The molecule has 2 saturated heterocycles. The normalized spacial score (nSPS) is 13.7. The molecular formula is C80H124N28O24. The number of ether oxygens (including phenoxy) is 7. The van der Waals surface area contributed by atoms with Gasteiger partial charge in [0.15, 0.2) is 0 Å². The van der Waals surface area contributed by atoms with Crippen molar-refractivity contribution in [1.82, 2.24) is 45.3 Å². The minimum atomic E-state index is -1.01. The number of hydrogen-bond donors (Lipinski definition) is 8. The second-order valence-electron chi connectivity index (χ2n) is 31.8. The van der Waals surface area contributed by atoms with Crippen LogP contribution in [-0.4, -0.2) is 297 Å². The lowest BCUT2D eigenvalue weighted by Gasteiger charge is -2.29. The van der Waals surface area contributed by atoms with Crippen LogP contribution < -0.4 is 38.1 Å². The first-order chi connectivity index (χ1) is 62.1. The van der Waals surface area contributed by atoms with E-state index in [0.717, 1.165) is 6.08 Å². The Hall–Kier alpha value is -14.3. The number of esters is 3. The molecule has 6 rings (SSSR count). The van der Waals surface area contributed by atoms with Crippen molar-refractivity contribution in [2.24, 2.45) is 37.0 Å². The predicted octanol–water partition coefficient (Wildman–Crippen LogP) is 8.84. The van der Waals surface area contributed by atoms with Crippen LogP contribution in [0.2, 0.25) is 0 Å². The summed E-state index contributed by atoms with van der Waals surface area (Å²) in [5.41, 5.74) is 51.1. The SMILES string of the molecule is C=CC(=O)OC.CC(C)(C)OC(=O)N(CCN)CCC(=O)Nc1cccc2c1CN(C1CCC(=O)NC1=O)C2=O.CC(C)(C)OC(=O)N(CCN=[N+]=[N-])CCC(=O)Nc1cccc2c1CN(C1CCC(=O)NC1=O)C2=O.CC(C)(C)OC(=O)N(CCN=[N+]=[N-])CCC(=O)O.CCOC(=O)CCN(CCN=[N+]=[N-])C(=O)OC(C)(C)C.COC(=O)CCNCCN=[N+]=[N-].[N-]=[N+]=NCCN. The van der Waals surface area contributed by atoms with Crippen LogP contribution >= 0.6 is 0 Å². The van der Waals surface area contributed by atoms with Gasteiger partial charge in [-0.2, -0.15) is 0 Å². The molecule has 2 fully saturated rings. The van der Waals surface area contributed by atoms with Gasteiger partial charge in [-0.25, -0.2) is 24.0 Å². The predicted molar refractivity (Wildman–Crippen MR) is 476 cm³/mol. The first kappa shape index (κ1) is 118. The first-order valence-corrected chi connectivity index (χ1v) is 41.4. The number of nitrogens with one attached hydrogen (secondary N) is 5. The number of carbonyl (C=O) groups excluding carboxylic acids is 15. The van der Waals surface area contributed by atoms with E-state index in [1.807, 2.05) is 0 Å². The number of carbonyl (C=O) groups is 16. The van der Waals surface area contributed by atoms with E-state index in [4.69, 9.17) is 67.9 Å². The van der Waals surface area contributed by atoms with E-state index in [2.05, 4.69) is 92.8 Å². The van der Waals surface area contributed by atoms with E-state index >= 15 is 0 Å². The number of imide groups is 2. The van der Waals surface area contributed by atoms with Gasteiger partial charge in [0, 0.05) is 208 Å². The maximum absolute atomic E-state index is 12.9. The number of amides is 12. The molecule has 0 aromatic heterocycles.